The van der Waals surface area contributed by atoms with Crippen LogP contribution in [0.4, 0.5) is 0 Å². The molecule has 0 aliphatic heterocycles. The minimum Gasteiger partial charge on any atom is -0.361 e. The lowest BCUT2D eigenvalue weighted by molar-refractivity contribution is -0.110. The Morgan fingerprint density at radius 3 is 2.61 bits per heavy atom. The lowest BCUT2D eigenvalue weighted by Gasteiger charge is -2.23. The van der Waals surface area contributed by atoms with Gasteiger partial charge in [0, 0.05) is 22.6 Å². The first-order chi connectivity index (χ1) is 8.43. The van der Waals surface area contributed by atoms with Gasteiger partial charge in [-0.2, -0.15) is 0 Å². The highest BCUT2D eigenvalue weighted by molar-refractivity contribution is 5.84. The molecule has 18 heavy (non-hydrogen) atoms. The second-order valence-electron chi connectivity index (χ2n) is 5.62. The number of aryl methyl sites for hydroxylation is 2. The molecule has 0 unspecified atom stereocenters. The van der Waals surface area contributed by atoms with Crippen molar-refractivity contribution in [1.82, 2.24) is 10.3 Å². The normalized spacial score (nSPS) is 11.8. The van der Waals surface area contributed by atoms with Crippen molar-refractivity contribution in [3.05, 3.63) is 35.0 Å². The Labute approximate surface area is 108 Å². The average molecular weight is 244 g/mol. The lowest BCUT2D eigenvalue weighted by Crippen LogP contribution is -2.40. The zero-order valence-corrected chi connectivity index (χ0v) is 11.4. The quantitative estimate of drug-likeness (QED) is 0.798. The van der Waals surface area contributed by atoms with Crippen molar-refractivity contribution in [2.45, 2.75) is 39.7 Å². The molecule has 0 fully saturated rings. The van der Waals surface area contributed by atoms with Crippen LogP contribution in [0.15, 0.2) is 18.3 Å². The first kappa shape index (κ1) is 12.7. The summed E-state index contributed by atoms with van der Waals surface area (Å²) in [6, 6.07) is 4.39. The van der Waals surface area contributed by atoms with E-state index in [0.29, 0.717) is 0 Å². The van der Waals surface area contributed by atoms with E-state index >= 15 is 0 Å². The summed E-state index contributed by atoms with van der Waals surface area (Å²) in [7, 11) is 0. The number of carbonyl (C=O) groups excluding carboxylic acids is 1. The first-order valence-electron chi connectivity index (χ1n) is 6.21. The molecule has 2 N–H and O–H groups in total. The van der Waals surface area contributed by atoms with Crippen LogP contribution in [0.3, 0.4) is 0 Å². The van der Waals surface area contributed by atoms with Gasteiger partial charge in [-0.25, -0.2) is 0 Å². The number of amides is 1. The van der Waals surface area contributed by atoms with Crippen LogP contribution >= 0.6 is 0 Å². The van der Waals surface area contributed by atoms with Gasteiger partial charge in [-0.15, -0.1) is 0 Å². The summed E-state index contributed by atoms with van der Waals surface area (Å²) >= 11 is 0. The summed E-state index contributed by atoms with van der Waals surface area (Å²) in [5.74, 6) is 0. The number of hydrogen-bond donors (Lipinski definition) is 2. The van der Waals surface area contributed by atoms with E-state index in [-0.39, 0.29) is 5.54 Å². The van der Waals surface area contributed by atoms with Crippen LogP contribution in [0.5, 0.6) is 0 Å². The molecule has 0 spiro atoms. The fourth-order valence-corrected chi connectivity index (χ4v) is 2.28. The van der Waals surface area contributed by atoms with Crippen molar-refractivity contribution in [2.75, 3.05) is 0 Å². The minimum absolute atomic E-state index is 0.227. The van der Waals surface area contributed by atoms with Crippen LogP contribution in [0.2, 0.25) is 0 Å². The summed E-state index contributed by atoms with van der Waals surface area (Å²) in [5, 5.41) is 4.11. The molecular formula is C15H20N2O. The molecule has 1 amide bonds. The third kappa shape index (κ3) is 2.40. The Bertz CT molecular complexity index is 581. The van der Waals surface area contributed by atoms with Crippen molar-refractivity contribution < 1.29 is 4.79 Å². The fraction of sp³-hybridized carbons (Fsp3) is 0.400. The molecule has 0 aliphatic rings. The van der Waals surface area contributed by atoms with E-state index in [1.807, 2.05) is 20.0 Å². The van der Waals surface area contributed by atoms with Crippen molar-refractivity contribution in [3.8, 4) is 0 Å². The molecule has 0 atom stereocenters. The average Bonchev–Trinajstić information content (AvgIpc) is 2.61. The highest BCUT2D eigenvalue weighted by Gasteiger charge is 2.19. The molecule has 2 aromatic rings. The maximum atomic E-state index is 10.6. The Morgan fingerprint density at radius 1 is 1.28 bits per heavy atom. The van der Waals surface area contributed by atoms with Gasteiger partial charge in [-0.3, -0.25) is 4.79 Å². The topological polar surface area (TPSA) is 44.9 Å². The van der Waals surface area contributed by atoms with Gasteiger partial charge < -0.3 is 10.3 Å². The van der Waals surface area contributed by atoms with E-state index in [2.05, 4.69) is 36.3 Å². The van der Waals surface area contributed by atoms with E-state index in [9.17, 15) is 4.79 Å². The van der Waals surface area contributed by atoms with Gasteiger partial charge in [-0.1, -0.05) is 0 Å². The second kappa shape index (κ2) is 4.48. The summed E-state index contributed by atoms with van der Waals surface area (Å²) in [5.41, 5.74) is 4.77. The molecule has 3 nitrogen and oxygen atoms in total. The number of benzene rings is 1. The Morgan fingerprint density at radius 2 is 1.94 bits per heavy atom. The highest BCUT2D eigenvalue weighted by Crippen LogP contribution is 2.25. The van der Waals surface area contributed by atoms with E-state index in [4.69, 9.17) is 0 Å². The maximum Gasteiger partial charge on any atom is 0.207 e. The largest absolute Gasteiger partial charge is 0.361 e. The number of rotatable bonds is 4. The summed E-state index contributed by atoms with van der Waals surface area (Å²) in [6.45, 7) is 8.30. The van der Waals surface area contributed by atoms with Gasteiger partial charge in [0.1, 0.15) is 0 Å². The van der Waals surface area contributed by atoms with Crippen LogP contribution in [-0.2, 0) is 11.2 Å². The predicted octanol–water partition coefficient (Wildman–Crippen LogP) is 2.85. The number of H-pyrrole nitrogens is 1. The molecule has 1 aromatic heterocycles. The first-order valence-corrected chi connectivity index (χ1v) is 6.21. The van der Waals surface area contributed by atoms with Crippen molar-refractivity contribution in [3.63, 3.8) is 0 Å². The second-order valence-corrected chi connectivity index (χ2v) is 5.62. The molecular weight excluding hydrogens is 224 g/mol. The van der Waals surface area contributed by atoms with E-state index in [0.717, 1.165) is 18.3 Å². The van der Waals surface area contributed by atoms with E-state index in [1.165, 1.54) is 22.1 Å². The van der Waals surface area contributed by atoms with Crippen molar-refractivity contribution in [2.24, 2.45) is 0 Å². The Kier molecular flexibility index (Phi) is 3.16. The zero-order chi connectivity index (χ0) is 13.3. The number of fused-ring (bicyclic) bond motifs is 1. The molecule has 2 rings (SSSR count). The zero-order valence-electron chi connectivity index (χ0n) is 11.4. The van der Waals surface area contributed by atoms with Crippen LogP contribution in [-0.4, -0.2) is 16.9 Å². The van der Waals surface area contributed by atoms with Gasteiger partial charge in [-0.05, 0) is 62.9 Å². The third-order valence-corrected chi connectivity index (χ3v) is 3.46. The van der Waals surface area contributed by atoms with Crippen molar-refractivity contribution >= 4 is 17.3 Å². The number of aromatic amines is 1. The molecule has 3 heteroatoms. The lowest BCUT2D eigenvalue weighted by atomic mass is 9.94. The monoisotopic (exact) mass is 244 g/mol. The van der Waals surface area contributed by atoms with Gasteiger partial charge in [0.2, 0.25) is 6.41 Å². The third-order valence-electron chi connectivity index (χ3n) is 3.46. The summed E-state index contributed by atoms with van der Waals surface area (Å²) < 4.78 is 0. The number of carbonyl (C=O) groups is 1. The van der Waals surface area contributed by atoms with E-state index in [1.54, 1.807) is 0 Å². The molecule has 0 radical (unpaired) electrons. The number of nitrogens with one attached hydrogen (secondary N) is 2. The van der Waals surface area contributed by atoms with Crippen LogP contribution in [0.1, 0.15) is 30.5 Å². The van der Waals surface area contributed by atoms with Gasteiger partial charge in [0.15, 0.2) is 0 Å². The standard InChI is InChI=1S/C15H20N2O/c1-10-5-13-12(7-15(3,4)17-9-18)8-16-14(13)6-11(10)2/h5-6,8-9,16H,7H2,1-4H3,(H,17,18). The van der Waals surface area contributed by atoms with Gasteiger partial charge >= 0.3 is 0 Å². The molecule has 0 saturated carbocycles. The minimum atomic E-state index is -0.227. The molecule has 96 valence electrons. The van der Waals surface area contributed by atoms with Gasteiger partial charge in [0.05, 0.1) is 0 Å². The SMILES string of the molecule is Cc1cc2[nH]cc(CC(C)(C)NC=O)c2cc1C. The highest BCUT2D eigenvalue weighted by atomic mass is 16.1. The molecule has 1 heterocycles. The summed E-state index contributed by atoms with van der Waals surface area (Å²) in [4.78, 5) is 13.9. The maximum absolute atomic E-state index is 10.6. The summed E-state index contributed by atoms with van der Waals surface area (Å²) in [6.07, 6.45) is 3.62. The fourth-order valence-electron chi connectivity index (χ4n) is 2.28. The molecule has 0 aliphatic carbocycles. The molecule has 0 bridgehead atoms. The predicted molar refractivity (Wildman–Crippen MR) is 74.8 cm³/mol. The van der Waals surface area contributed by atoms with Crippen LogP contribution in [0.25, 0.3) is 10.9 Å². The van der Waals surface area contributed by atoms with Crippen LogP contribution < -0.4 is 5.32 Å². The van der Waals surface area contributed by atoms with Gasteiger partial charge in [0.25, 0.3) is 0 Å². The molecule has 0 saturated heterocycles. The van der Waals surface area contributed by atoms with Crippen LogP contribution in [0, 0.1) is 13.8 Å². The smallest absolute Gasteiger partial charge is 0.207 e. The number of hydrogen-bond acceptors (Lipinski definition) is 1. The number of aromatic nitrogens is 1. The Hall–Kier alpha value is -1.77. The Balaban J connectivity index is 2.40. The van der Waals surface area contributed by atoms with E-state index < -0.39 is 0 Å². The van der Waals surface area contributed by atoms with Crippen molar-refractivity contribution in [1.29, 1.82) is 0 Å². The molecule has 1 aromatic carbocycles.